The van der Waals surface area contributed by atoms with E-state index in [1.54, 1.807) is 4.31 Å². The van der Waals surface area contributed by atoms with Crippen LogP contribution in [0.5, 0.6) is 0 Å². The third-order valence-corrected chi connectivity index (χ3v) is 6.50. The summed E-state index contributed by atoms with van der Waals surface area (Å²) in [6.45, 7) is 4.89. The molecule has 3 aliphatic heterocycles. The molecule has 0 aromatic heterocycles. The molecule has 3 rings (SSSR count). The molecule has 0 bridgehead atoms. The van der Waals surface area contributed by atoms with Crippen LogP contribution in [0.4, 0.5) is 0 Å². The number of nitrogens with zero attached hydrogens (tertiary/aromatic N) is 2. The van der Waals surface area contributed by atoms with Gasteiger partial charge in [-0.2, -0.15) is 0 Å². The summed E-state index contributed by atoms with van der Waals surface area (Å²) in [5, 5.41) is 3.73. The van der Waals surface area contributed by atoms with Crippen LogP contribution in [0.2, 0.25) is 0 Å². The monoisotopic (exact) mass is 301 g/mol. The Morgan fingerprint density at radius 3 is 2.70 bits per heavy atom. The maximum absolute atomic E-state index is 11.6. The lowest BCUT2D eigenvalue weighted by atomic mass is 9.98. The van der Waals surface area contributed by atoms with Gasteiger partial charge >= 0.3 is 0 Å². The SMILES string of the molecule is CS(=O)(=O)N1CCCC(CNC2CCN3CCCC23)C1. The summed E-state index contributed by atoms with van der Waals surface area (Å²) >= 11 is 0. The predicted molar refractivity (Wildman–Crippen MR) is 80.1 cm³/mol. The summed E-state index contributed by atoms with van der Waals surface area (Å²) in [7, 11) is -3.01. The van der Waals surface area contributed by atoms with E-state index in [4.69, 9.17) is 0 Å². The second kappa shape index (κ2) is 5.91. The molecule has 6 heteroatoms. The molecule has 0 aliphatic carbocycles. The summed E-state index contributed by atoms with van der Waals surface area (Å²) < 4.78 is 24.9. The predicted octanol–water partition coefficient (Wildman–Crippen LogP) is 0.484. The molecule has 0 spiro atoms. The van der Waals surface area contributed by atoms with Gasteiger partial charge in [0.15, 0.2) is 0 Å². The Balaban J connectivity index is 1.49. The van der Waals surface area contributed by atoms with Crippen molar-refractivity contribution >= 4 is 10.0 Å². The largest absolute Gasteiger partial charge is 0.312 e. The molecule has 0 aromatic carbocycles. The van der Waals surface area contributed by atoms with Crippen molar-refractivity contribution in [1.82, 2.24) is 14.5 Å². The van der Waals surface area contributed by atoms with Crippen molar-refractivity contribution in [2.24, 2.45) is 5.92 Å². The molecule has 1 N–H and O–H groups in total. The van der Waals surface area contributed by atoms with Gasteiger partial charge in [-0.1, -0.05) is 0 Å². The van der Waals surface area contributed by atoms with Crippen LogP contribution in [0.15, 0.2) is 0 Å². The first kappa shape index (κ1) is 14.8. The maximum atomic E-state index is 11.6. The Morgan fingerprint density at radius 2 is 1.90 bits per heavy atom. The van der Waals surface area contributed by atoms with Crippen LogP contribution >= 0.6 is 0 Å². The molecule has 3 atom stereocenters. The van der Waals surface area contributed by atoms with Crippen molar-refractivity contribution in [3.05, 3.63) is 0 Å². The highest BCUT2D eigenvalue weighted by molar-refractivity contribution is 7.88. The molecule has 3 fully saturated rings. The highest BCUT2D eigenvalue weighted by Crippen LogP contribution is 2.28. The minimum Gasteiger partial charge on any atom is -0.312 e. The topological polar surface area (TPSA) is 52.7 Å². The number of nitrogens with one attached hydrogen (secondary N) is 1. The molecule has 0 radical (unpaired) electrons. The van der Waals surface area contributed by atoms with Gasteiger partial charge in [0.25, 0.3) is 0 Å². The third-order valence-electron chi connectivity index (χ3n) is 5.23. The van der Waals surface area contributed by atoms with Crippen LogP contribution in [0.3, 0.4) is 0 Å². The number of hydrogen-bond donors (Lipinski definition) is 1. The normalized spacial score (nSPS) is 36.4. The second-order valence-corrected chi connectivity index (χ2v) is 8.66. The van der Waals surface area contributed by atoms with Gasteiger partial charge in [-0.3, -0.25) is 4.90 Å². The van der Waals surface area contributed by atoms with Gasteiger partial charge in [0.1, 0.15) is 0 Å². The Hall–Kier alpha value is -0.170. The van der Waals surface area contributed by atoms with E-state index in [0.29, 0.717) is 25.0 Å². The molecular weight excluding hydrogens is 274 g/mol. The van der Waals surface area contributed by atoms with Crippen molar-refractivity contribution in [1.29, 1.82) is 0 Å². The standard InChI is InChI=1S/C14H27N3O2S/c1-20(18,19)17-8-2-4-12(11-17)10-15-13-6-9-16-7-3-5-14(13)16/h12-15H,2-11H2,1H3. The first-order valence-corrected chi connectivity index (χ1v) is 9.81. The van der Waals surface area contributed by atoms with Crippen molar-refractivity contribution < 1.29 is 8.42 Å². The summed E-state index contributed by atoms with van der Waals surface area (Å²) in [4.78, 5) is 2.61. The van der Waals surface area contributed by atoms with E-state index in [1.165, 1.54) is 38.6 Å². The summed E-state index contributed by atoms with van der Waals surface area (Å²) in [6.07, 6.45) is 7.41. The summed E-state index contributed by atoms with van der Waals surface area (Å²) in [6, 6.07) is 1.37. The van der Waals surface area contributed by atoms with E-state index in [1.807, 2.05) is 0 Å². The van der Waals surface area contributed by atoms with Crippen molar-refractivity contribution in [2.45, 2.75) is 44.2 Å². The van der Waals surface area contributed by atoms with E-state index in [-0.39, 0.29) is 0 Å². The van der Waals surface area contributed by atoms with Crippen LogP contribution < -0.4 is 5.32 Å². The minimum atomic E-state index is -3.01. The van der Waals surface area contributed by atoms with Gasteiger partial charge in [-0.15, -0.1) is 0 Å². The fourth-order valence-electron chi connectivity index (χ4n) is 4.13. The van der Waals surface area contributed by atoms with Gasteiger partial charge in [0.2, 0.25) is 10.0 Å². The van der Waals surface area contributed by atoms with Crippen molar-refractivity contribution in [3.63, 3.8) is 0 Å². The molecule has 0 amide bonds. The molecule has 0 aromatic rings. The highest BCUT2D eigenvalue weighted by atomic mass is 32.2. The zero-order valence-corrected chi connectivity index (χ0v) is 13.2. The van der Waals surface area contributed by atoms with E-state index in [9.17, 15) is 8.42 Å². The van der Waals surface area contributed by atoms with Gasteiger partial charge in [-0.05, 0) is 51.1 Å². The van der Waals surface area contributed by atoms with Crippen LogP contribution in [-0.4, -0.2) is 68.7 Å². The van der Waals surface area contributed by atoms with Gasteiger partial charge in [0, 0.05) is 31.7 Å². The summed E-state index contributed by atoms with van der Waals surface area (Å²) in [5.41, 5.74) is 0. The number of fused-ring (bicyclic) bond motifs is 1. The smallest absolute Gasteiger partial charge is 0.211 e. The first-order chi connectivity index (χ1) is 9.54. The minimum absolute atomic E-state index is 0.480. The first-order valence-electron chi connectivity index (χ1n) is 7.96. The Bertz CT molecular complexity index is 440. The average molecular weight is 301 g/mol. The molecule has 3 unspecified atom stereocenters. The fourth-order valence-corrected chi connectivity index (χ4v) is 5.08. The molecule has 116 valence electrons. The number of rotatable bonds is 4. The highest BCUT2D eigenvalue weighted by Gasteiger charge is 2.37. The van der Waals surface area contributed by atoms with E-state index in [0.717, 1.165) is 25.4 Å². The molecule has 0 saturated carbocycles. The van der Waals surface area contributed by atoms with Gasteiger partial charge in [-0.25, -0.2) is 12.7 Å². The van der Waals surface area contributed by atoms with Gasteiger partial charge < -0.3 is 5.32 Å². The summed E-state index contributed by atoms with van der Waals surface area (Å²) in [5.74, 6) is 0.480. The average Bonchev–Trinajstić information content (AvgIpc) is 2.99. The van der Waals surface area contributed by atoms with Crippen molar-refractivity contribution in [2.75, 3.05) is 39.0 Å². The quantitative estimate of drug-likeness (QED) is 0.821. The van der Waals surface area contributed by atoms with Crippen LogP contribution in [0, 0.1) is 5.92 Å². The molecule has 3 heterocycles. The second-order valence-electron chi connectivity index (χ2n) is 6.68. The third kappa shape index (κ3) is 3.18. The zero-order valence-electron chi connectivity index (χ0n) is 12.4. The van der Waals surface area contributed by atoms with E-state index >= 15 is 0 Å². The Kier molecular flexibility index (Phi) is 4.36. The van der Waals surface area contributed by atoms with Crippen molar-refractivity contribution in [3.8, 4) is 0 Å². The Labute approximate surface area is 122 Å². The van der Waals surface area contributed by atoms with E-state index in [2.05, 4.69) is 10.2 Å². The molecule has 3 aliphatic rings. The van der Waals surface area contributed by atoms with Gasteiger partial charge in [0.05, 0.1) is 6.26 Å². The molecule has 3 saturated heterocycles. The maximum Gasteiger partial charge on any atom is 0.211 e. The lowest BCUT2D eigenvalue weighted by molar-refractivity contribution is 0.244. The molecular formula is C14H27N3O2S. The van der Waals surface area contributed by atoms with E-state index < -0.39 is 10.0 Å². The lowest BCUT2D eigenvalue weighted by Crippen LogP contribution is -2.46. The Morgan fingerprint density at radius 1 is 1.10 bits per heavy atom. The van der Waals surface area contributed by atoms with Crippen LogP contribution in [0.25, 0.3) is 0 Å². The fraction of sp³-hybridized carbons (Fsp3) is 1.00. The number of piperidine rings is 1. The van der Waals surface area contributed by atoms with Crippen LogP contribution in [0.1, 0.15) is 32.1 Å². The molecule has 5 nitrogen and oxygen atoms in total. The number of sulfonamides is 1. The number of hydrogen-bond acceptors (Lipinski definition) is 4. The zero-order chi connectivity index (χ0) is 14.2. The molecule has 20 heavy (non-hydrogen) atoms. The van der Waals surface area contributed by atoms with Crippen LogP contribution in [-0.2, 0) is 10.0 Å². The lowest BCUT2D eigenvalue weighted by Gasteiger charge is -2.32.